The summed E-state index contributed by atoms with van der Waals surface area (Å²) in [6.45, 7) is 6.77. The Balaban J connectivity index is 1.76. The monoisotopic (exact) mass is 400 g/mol. The molecule has 0 aromatic heterocycles. The zero-order valence-electron chi connectivity index (χ0n) is 17.3. The zero-order valence-corrected chi connectivity index (χ0v) is 17.3. The third-order valence-corrected chi connectivity index (χ3v) is 4.14. The highest BCUT2D eigenvalue weighted by atomic mass is 19.1. The Morgan fingerprint density at radius 2 is 1.69 bits per heavy atom. The summed E-state index contributed by atoms with van der Waals surface area (Å²) in [7, 11) is 1.70. The van der Waals surface area contributed by atoms with E-state index in [4.69, 9.17) is 4.74 Å². The number of carbonyl (C=O) groups is 1. The molecular formula is C22H29FN4O2. The van der Waals surface area contributed by atoms with Gasteiger partial charge < -0.3 is 20.7 Å². The van der Waals surface area contributed by atoms with E-state index in [1.165, 1.54) is 12.1 Å². The van der Waals surface area contributed by atoms with Crippen molar-refractivity contribution in [1.82, 2.24) is 10.6 Å². The van der Waals surface area contributed by atoms with Crippen LogP contribution in [0.2, 0.25) is 0 Å². The van der Waals surface area contributed by atoms with Crippen LogP contribution in [0.3, 0.4) is 0 Å². The van der Waals surface area contributed by atoms with E-state index in [2.05, 4.69) is 20.9 Å². The van der Waals surface area contributed by atoms with E-state index < -0.39 is 0 Å². The van der Waals surface area contributed by atoms with Gasteiger partial charge >= 0.3 is 0 Å². The van der Waals surface area contributed by atoms with E-state index in [9.17, 15) is 9.18 Å². The van der Waals surface area contributed by atoms with Gasteiger partial charge in [-0.05, 0) is 48.9 Å². The third kappa shape index (κ3) is 7.81. The van der Waals surface area contributed by atoms with Gasteiger partial charge in [0, 0.05) is 25.2 Å². The number of halogens is 1. The van der Waals surface area contributed by atoms with Crippen molar-refractivity contribution in [2.75, 3.05) is 18.9 Å². The van der Waals surface area contributed by atoms with E-state index in [-0.39, 0.29) is 23.7 Å². The van der Waals surface area contributed by atoms with Crippen LogP contribution < -0.4 is 20.7 Å². The predicted octanol–water partition coefficient (Wildman–Crippen LogP) is 3.55. The van der Waals surface area contributed by atoms with Gasteiger partial charge in [0.1, 0.15) is 17.7 Å². The molecule has 2 aromatic rings. The second kappa shape index (κ2) is 11.0. The lowest BCUT2D eigenvalue weighted by atomic mass is 10.1. The van der Waals surface area contributed by atoms with Gasteiger partial charge in [0.25, 0.3) is 0 Å². The molecule has 3 N–H and O–H groups in total. The van der Waals surface area contributed by atoms with Crippen molar-refractivity contribution in [3.05, 3.63) is 59.9 Å². The Morgan fingerprint density at radius 1 is 1.03 bits per heavy atom. The molecule has 0 aliphatic heterocycles. The lowest BCUT2D eigenvalue weighted by molar-refractivity contribution is -0.118. The first-order valence-corrected chi connectivity index (χ1v) is 9.64. The normalized spacial score (nSPS) is 12.4. The topological polar surface area (TPSA) is 74.8 Å². The van der Waals surface area contributed by atoms with Crippen molar-refractivity contribution in [3.8, 4) is 5.75 Å². The molecule has 0 heterocycles. The van der Waals surface area contributed by atoms with E-state index in [1.54, 1.807) is 19.2 Å². The summed E-state index contributed by atoms with van der Waals surface area (Å²) in [5, 5.41) is 9.31. The fraction of sp³-hybridized carbons (Fsp3) is 0.364. The molecular weight excluding hydrogens is 371 g/mol. The van der Waals surface area contributed by atoms with Crippen LogP contribution in [0.4, 0.5) is 10.1 Å². The minimum Gasteiger partial charge on any atom is -0.489 e. The first kappa shape index (κ1) is 22.2. The molecule has 0 spiro atoms. The van der Waals surface area contributed by atoms with Crippen LogP contribution in [-0.4, -0.2) is 31.6 Å². The van der Waals surface area contributed by atoms with Gasteiger partial charge in [-0.2, -0.15) is 0 Å². The highest BCUT2D eigenvalue weighted by Gasteiger charge is 2.08. The van der Waals surface area contributed by atoms with E-state index in [0.717, 1.165) is 11.3 Å². The number of hydrogen-bond acceptors (Lipinski definition) is 3. The molecule has 29 heavy (non-hydrogen) atoms. The van der Waals surface area contributed by atoms with Crippen LogP contribution in [0.15, 0.2) is 53.5 Å². The van der Waals surface area contributed by atoms with Gasteiger partial charge in [-0.1, -0.05) is 26.0 Å². The molecule has 0 saturated carbocycles. The maximum atomic E-state index is 12.9. The average molecular weight is 400 g/mol. The predicted molar refractivity (Wildman–Crippen MR) is 115 cm³/mol. The van der Waals surface area contributed by atoms with Crippen LogP contribution in [0, 0.1) is 11.7 Å². The molecule has 6 nitrogen and oxygen atoms in total. The number of aliphatic imine (C=N–C) groups is 1. The highest BCUT2D eigenvalue weighted by molar-refractivity contribution is 5.92. The molecule has 1 atom stereocenters. The van der Waals surface area contributed by atoms with Crippen molar-refractivity contribution in [1.29, 1.82) is 0 Å². The Kier molecular flexibility index (Phi) is 8.45. The number of guanidine groups is 1. The van der Waals surface area contributed by atoms with Crippen LogP contribution >= 0.6 is 0 Å². The minimum absolute atomic E-state index is 0.00236. The Labute approximate surface area is 171 Å². The van der Waals surface area contributed by atoms with Gasteiger partial charge in [-0.25, -0.2) is 4.39 Å². The minimum atomic E-state index is -0.289. The van der Waals surface area contributed by atoms with Crippen LogP contribution in [-0.2, 0) is 11.3 Å². The van der Waals surface area contributed by atoms with Gasteiger partial charge in [-0.3, -0.25) is 9.79 Å². The summed E-state index contributed by atoms with van der Waals surface area (Å²) in [5.74, 6) is 0.922. The number of hydrogen-bond donors (Lipinski definition) is 3. The number of carbonyl (C=O) groups excluding carboxylic acids is 1. The molecule has 0 saturated heterocycles. The van der Waals surface area contributed by atoms with Gasteiger partial charge in [0.15, 0.2) is 5.96 Å². The number of nitrogens with one attached hydrogen (secondary N) is 3. The van der Waals surface area contributed by atoms with Gasteiger partial charge in [0.05, 0.1) is 6.54 Å². The number of rotatable bonds is 8. The number of ether oxygens (including phenoxy) is 1. The van der Waals surface area contributed by atoms with Crippen molar-refractivity contribution in [3.63, 3.8) is 0 Å². The number of benzene rings is 2. The maximum Gasteiger partial charge on any atom is 0.226 e. The third-order valence-electron chi connectivity index (χ3n) is 4.14. The molecule has 156 valence electrons. The summed E-state index contributed by atoms with van der Waals surface area (Å²) in [6.07, 6.45) is -0.122. The van der Waals surface area contributed by atoms with Crippen molar-refractivity contribution in [2.24, 2.45) is 10.9 Å². The second-order valence-corrected chi connectivity index (χ2v) is 7.03. The Hall–Kier alpha value is -3.09. The Bertz CT molecular complexity index is 805. The quantitative estimate of drug-likeness (QED) is 0.468. The molecule has 7 heteroatoms. The fourth-order valence-corrected chi connectivity index (χ4v) is 2.43. The van der Waals surface area contributed by atoms with E-state index in [0.29, 0.717) is 24.8 Å². The Morgan fingerprint density at radius 3 is 2.28 bits per heavy atom. The molecule has 0 bridgehead atoms. The SMILES string of the molecule is CN=C(NCc1ccc(NC(=O)C(C)C)cc1)NCC(C)Oc1ccc(F)cc1. The maximum absolute atomic E-state index is 12.9. The van der Waals surface area contributed by atoms with E-state index in [1.807, 2.05) is 45.0 Å². The smallest absolute Gasteiger partial charge is 0.226 e. The summed E-state index contributed by atoms with van der Waals surface area (Å²) >= 11 is 0. The molecule has 2 aromatic carbocycles. The summed E-state index contributed by atoms with van der Waals surface area (Å²) in [6, 6.07) is 13.6. The number of amides is 1. The van der Waals surface area contributed by atoms with Crippen molar-refractivity contribution < 1.29 is 13.9 Å². The molecule has 0 aliphatic rings. The molecule has 0 radical (unpaired) electrons. The summed E-state index contributed by atoms with van der Waals surface area (Å²) in [5.41, 5.74) is 1.84. The molecule has 1 unspecified atom stereocenters. The van der Waals surface area contributed by atoms with Crippen LogP contribution in [0.5, 0.6) is 5.75 Å². The molecule has 2 rings (SSSR count). The summed E-state index contributed by atoms with van der Waals surface area (Å²) in [4.78, 5) is 15.9. The zero-order chi connectivity index (χ0) is 21.2. The lowest BCUT2D eigenvalue weighted by Gasteiger charge is -2.18. The standard InChI is InChI=1S/C22H29FN4O2/c1-15(2)21(28)27-19-9-5-17(6-10-19)14-26-22(24-4)25-13-16(3)29-20-11-7-18(23)8-12-20/h5-12,15-16H,13-14H2,1-4H3,(H,27,28)(H2,24,25,26). The van der Waals surface area contributed by atoms with Gasteiger partial charge in [0.2, 0.25) is 5.91 Å². The largest absolute Gasteiger partial charge is 0.489 e. The highest BCUT2D eigenvalue weighted by Crippen LogP contribution is 2.13. The first-order valence-electron chi connectivity index (χ1n) is 9.64. The summed E-state index contributed by atoms with van der Waals surface area (Å²) < 4.78 is 18.7. The molecule has 0 aliphatic carbocycles. The lowest BCUT2D eigenvalue weighted by Crippen LogP contribution is -2.41. The van der Waals surface area contributed by atoms with E-state index >= 15 is 0 Å². The van der Waals surface area contributed by atoms with Gasteiger partial charge in [-0.15, -0.1) is 0 Å². The second-order valence-electron chi connectivity index (χ2n) is 7.03. The average Bonchev–Trinajstić information content (AvgIpc) is 2.71. The number of anilines is 1. The number of nitrogens with zero attached hydrogens (tertiary/aromatic N) is 1. The fourth-order valence-electron chi connectivity index (χ4n) is 2.43. The van der Waals surface area contributed by atoms with Crippen molar-refractivity contribution >= 4 is 17.6 Å². The van der Waals surface area contributed by atoms with Crippen LogP contribution in [0.25, 0.3) is 0 Å². The van der Waals surface area contributed by atoms with Crippen molar-refractivity contribution in [2.45, 2.75) is 33.4 Å². The first-order chi connectivity index (χ1) is 13.9. The van der Waals surface area contributed by atoms with Crippen LogP contribution in [0.1, 0.15) is 26.3 Å². The molecule has 1 amide bonds. The molecule has 0 fully saturated rings.